The number of hydrogen-bond acceptors (Lipinski definition) is 3. The first kappa shape index (κ1) is 13.5. The van der Waals surface area contributed by atoms with Gasteiger partial charge in [0.15, 0.2) is 5.69 Å². The topological polar surface area (TPSA) is 39.2 Å². The zero-order valence-corrected chi connectivity index (χ0v) is 11.3. The minimum Gasteiger partial charge on any atom is -0.461 e. The summed E-state index contributed by atoms with van der Waals surface area (Å²) in [7, 11) is 0. The normalized spacial score (nSPS) is 10.6. The fraction of sp³-hybridized carbons (Fsp3) is 0.333. The maximum absolute atomic E-state index is 12.6. The van der Waals surface area contributed by atoms with E-state index in [4.69, 9.17) is 4.74 Å². The highest BCUT2D eigenvalue weighted by Gasteiger charge is 2.21. The molecule has 3 nitrogen and oxygen atoms in total. The second-order valence-electron chi connectivity index (χ2n) is 2.72. The van der Waals surface area contributed by atoms with E-state index >= 15 is 0 Å². The lowest BCUT2D eigenvalue weighted by Crippen LogP contribution is -2.10. The van der Waals surface area contributed by atoms with E-state index in [1.165, 1.54) is 0 Å². The second kappa shape index (κ2) is 5.67. The van der Waals surface area contributed by atoms with Gasteiger partial charge in [0.1, 0.15) is 4.60 Å². The van der Waals surface area contributed by atoms with Crippen LogP contribution in [0.25, 0.3) is 0 Å². The summed E-state index contributed by atoms with van der Waals surface area (Å²) in [6.45, 7) is 1.78. The number of rotatable bonds is 3. The van der Waals surface area contributed by atoms with Gasteiger partial charge < -0.3 is 4.74 Å². The summed E-state index contributed by atoms with van der Waals surface area (Å²) in [5.41, 5.74) is -0.462. The van der Waals surface area contributed by atoms with Crippen LogP contribution in [0.5, 0.6) is 0 Å². The van der Waals surface area contributed by atoms with E-state index in [-0.39, 0.29) is 26.9 Å². The first-order chi connectivity index (χ1) is 7.47. The molecule has 88 valence electrons. The average molecular weight is 359 g/mol. The average Bonchev–Trinajstić information content (AvgIpc) is 2.20. The van der Waals surface area contributed by atoms with Gasteiger partial charge in [0.05, 0.1) is 11.1 Å². The second-order valence-corrected chi connectivity index (χ2v) is 4.32. The van der Waals surface area contributed by atoms with E-state index in [2.05, 4.69) is 36.8 Å². The Balaban J connectivity index is 3.24. The molecular formula is C9H7Br2F2NO2. The van der Waals surface area contributed by atoms with Gasteiger partial charge in [0.2, 0.25) is 0 Å². The van der Waals surface area contributed by atoms with Crippen LogP contribution in [0.2, 0.25) is 0 Å². The quantitative estimate of drug-likeness (QED) is 0.610. The molecule has 0 fully saturated rings. The molecule has 0 aliphatic heterocycles. The number of nitrogens with zero attached hydrogens (tertiary/aromatic N) is 1. The molecule has 0 aromatic carbocycles. The van der Waals surface area contributed by atoms with Crippen LogP contribution in [0, 0.1) is 0 Å². The van der Waals surface area contributed by atoms with Crippen LogP contribution in [-0.4, -0.2) is 17.6 Å². The van der Waals surface area contributed by atoms with Crippen LogP contribution in [0.4, 0.5) is 8.78 Å². The number of pyridine rings is 1. The van der Waals surface area contributed by atoms with Crippen molar-refractivity contribution in [3.8, 4) is 0 Å². The molecule has 0 saturated heterocycles. The minimum atomic E-state index is -2.69. The minimum absolute atomic E-state index is 0.0378. The van der Waals surface area contributed by atoms with Crippen molar-refractivity contribution in [2.45, 2.75) is 13.3 Å². The first-order valence-corrected chi connectivity index (χ1v) is 5.87. The molecule has 0 amide bonds. The van der Waals surface area contributed by atoms with Crippen LogP contribution in [0.3, 0.4) is 0 Å². The summed E-state index contributed by atoms with van der Waals surface area (Å²) in [5, 5.41) is 0. The zero-order valence-electron chi connectivity index (χ0n) is 8.14. The van der Waals surface area contributed by atoms with E-state index in [9.17, 15) is 13.6 Å². The van der Waals surface area contributed by atoms with Crippen molar-refractivity contribution in [2.75, 3.05) is 6.61 Å². The van der Waals surface area contributed by atoms with Crippen LogP contribution in [0.1, 0.15) is 29.4 Å². The summed E-state index contributed by atoms with van der Waals surface area (Å²) in [6, 6.07) is 1.15. The number of aromatic nitrogens is 1. The molecule has 1 aromatic heterocycles. The van der Waals surface area contributed by atoms with Crippen LogP contribution >= 0.6 is 31.9 Å². The van der Waals surface area contributed by atoms with E-state index in [0.29, 0.717) is 0 Å². The first-order valence-electron chi connectivity index (χ1n) is 4.28. The summed E-state index contributed by atoms with van der Waals surface area (Å²) in [6.07, 6.45) is -2.69. The summed E-state index contributed by atoms with van der Waals surface area (Å²) < 4.78 is 30.0. The van der Waals surface area contributed by atoms with Gasteiger partial charge in [-0.1, -0.05) is 0 Å². The lowest BCUT2D eigenvalue weighted by atomic mass is 10.2. The molecule has 0 bridgehead atoms. The third-order valence-electron chi connectivity index (χ3n) is 1.66. The number of hydrogen-bond donors (Lipinski definition) is 0. The predicted molar refractivity (Wildman–Crippen MR) is 60.6 cm³/mol. The molecule has 1 rings (SSSR count). The maximum atomic E-state index is 12.6. The molecule has 0 aliphatic rings. The lowest BCUT2D eigenvalue weighted by Gasteiger charge is -2.08. The van der Waals surface area contributed by atoms with Gasteiger partial charge in [0.25, 0.3) is 6.43 Å². The highest BCUT2D eigenvalue weighted by Crippen LogP contribution is 2.31. The fourth-order valence-corrected chi connectivity index (χ4v) is 1.97. The molecule has 0 unspecified atom stereocenters. The Labute approximate surface area is 107 Å². The molecule has 0 spiro atoms. The fourth-order valence-electron chi connectivity index (χ4n) is 1.01. The van der Waals surface area contributed by atoms with E-state index < -0.39 is 12.4 Å². The Hall–Kier alpha value is -0.560. The van der Waals surface area contributed by atoms with Gasteiger partial charge in [-0.3, -0.25) is 0 Å². The standard InChI is InChI=1S/C9H7Br2F2NO2/c1-2-16-9(15)7-6(11)4(8(12)13)3-5(10)14-7/h3,8H,2H2,1H3. The number of carbonyl (C=O) groups excluding carboxylic acids is 1. The van der Waals surface area contributed by atoms with Crippen molar-refractivity contribution in [2.24, 2.45) is 0 Å². The Kier molecular flexibility index (Phi) is 4.79. The molecule has 0 saturated carbocycles. The van der Waals surface area contributed by atoms with E-state index in [1.807, 2.05) is 0 Å². The third-order valence-corrected chi connectivity index (χ3v) is 2.90. The largest absolute Gasteiger partial charge is 0.461 e. The van der Waals surface area contributed by atoms with Crippen LogP contribution < -0.4 is 0 Å². The van der Waals surface area contributed by atoms with Gasteiger partial charge in [-0.05, 0) is 44.8 Å². The zero-order chi connectivity index (χ0) is 12.3. The molecule has 7 heteroatoms. The lowest BCUT2D eigenvalue weighted by molar-refractivity contribution is 0.0517. The monoisotopic (exact) mass is 357 g/mol. The molecule has 16 heavy (non-hydrogen) atoms. The van der Waals surface area contributed by atoms with Crippen molar-refractivity contribution in [3.63, 3.8) is 0 Å². The maximum Gasteiger partial charge on any atom is 0.358 e. The smallest absolute Gasteiger partial charge is 0.358 e. The van der Waals surface area contributed by atoms with Crippen molar-refractivity contribution in [3.05, 3.63) is 26.4 Å². The Morgan fingerprint density at radius 3 is 2.69 bits per heavy atom. The highest BCUT2D eigenvalue weighted by atomic mass is 79.9. The summed E-state index contributed by atoms with van der Waals surface area (Å²) >= 11 is 5.88. The summed E-state index contributed by atoms with van der Waals surface area (Å²) in [5.74, 6) is -0.738. The number of alkyl halides is 2. The van der Waals surface area contributed by atoms with E-state index in [0.717, 1.165) is 6.07 Å². The predicted octanol–water partition coefficient (Wildman–Crippen LogP) is 3.72. The molecule has 1 aromatic rings. The van der Waals surface area contributed by atoms with E-state index in [1.54, 1.807) is 6.92 Å². The highest BCUT2D eigenvalue weighted by molar-refractivity contribution is 9.11. The van der Waals surface area contributed by atoms with Crippen molar-refractivity contribution < 1.29 is 18.3 Å². The van der Waals surface area contributed by atoms with Gasteiger partial charge in [-0.15, -0.1) is 0 Å². The number of halogens is 4. The molecule has 0 N–H and O–H groups in total. The Morgan fingerprint density at radius 1 is 1.56 bits per heavy atom. The third kappa shape index (κ3) is 2.98. The molecule has 1 heterocycles. The number of esters is 1. The van der Waals surface area contributed by atoms with Crippen molar-refractivity contribution in [1.82, 2.24) is 4.98 Å². The summed E-state index contributed by atoms with van der Waals surface area (Å²) in [4.78, 5) is 15.2. The van der Waals surface area contributed by atoms with Crippen LogP contribution in [-0.2, 0) is 4.74 Å². The SMILES string of the molecule is CCOC(=O)c1nc(Br)cc(C(F)F)c1Br. The number of carbonyl (C=O) groups is 1. The van der Waals surface area contributed by atoms with Crippen LogP contribution in [0.15, 0.2) is 15.1 Å². The van der Waals surface area contributed by atoms with Crippen molar-refractivity contribution in [1.29, 1.82) is 0 Å². The van der Waals surface area contributed by atoms with Gasteiger partial charge in [-0.2, -0.15) is 0 Å². The molecule has 0 aliphatic carbocycles. The Morgan fingerprint density at radius 2 is 2.19 bits per heavy atom. The molecular weight excluding hydrogens is 352 g/mol. The molecule has 0 atom stereocenters. The van der Waals surface area contributed by atoms with Gasteiger partial charge in [0, 0.05) is 5.56 Å². The Bertz CT molecular complexity index is 413. The number of ether oxygens (including phenoxy) is 1. The molecule has 0 radical (unpaired) electrons. The van der Waals surface area contributed by atoms with Gasteiger partial charge >= 0.3 is 5.97 Å². The van der Waals surface area contributed by atoms with Crippen molar-refractivity contribution >= 4 is 37.8 Å². The van der Waals surface area contributed by atoms with Gasteiger partial charge in [-0.25, -0.2) is 18.6 Å².